The van der Waals surface area contributed by atoms with Crippen LogP contribution in [0.1, 0.15) is 0 Å². The fourth-order valence-electron chi connectivity index (χ4n) is 0.505. The Bertz CT molecular complexity index is 44.1. The second-order valence-electron chi connectivity index (χ2n) is 1.62. The third-order valence-corrected chi connectivity index (χ3v) is 0.929. The molecule has 0 radical (unpaired) electrons. The largest absolute Gasteiger partial charge is 0.423 e. The van der Waals surface area contributed by atoms with Crippen molar-refractivity contribution in [2.45, 2.75) is 0 Å². The molecule has 1 aliphatic rings. The maximum absolute atomic E-state index is 4.98. The molecule has 0 bridgehead atoms. The molecule has 0 atom stereocenters. The zero-order chi connectivity index (χ0) is 4.41. The van der Waals surface area contributed by atoms with Crippen LogP contribution in [0.4, 0.5) is 0 Å². The van der Waals surface area contributed by atoms with Gasteiger partial charge in [-0.3, -0.25) is 0 Å². The SMILES string of the molecule is CN1BOCC1. The van der Waals surface area contributed by atoms with Crippen molar-refractivity contribution in [3.63, 3.8) is 0 Å². The molecule has 0 amide bonds. The minimum absolute atomic E-state index is 0.819. The van der Waals surface area contributed by atoms with Gasteiger partial charge in [0, 0.05) is 13.2 Å². The summed E-state index contributed by atoms with van der Waals surface area (Å²) < 4.78 is 4.98. The predicted molar refractivity (Wildman–Crippen MR) is 25.7 cm³/mol. The fraction of sp³-hybridized carbons (Fsp3) is 1.00. The number of nitrogens with zero attached hydrogens (tertiary/aromatic N) is 1. The summed E-state index contributed by atoms with van der Waals surface area (Å²) in [7, 11) is 2.87. The molecule has 1 fully saturated rings. The van der Waals surface area contributed by atoms with Crippen LogP contribution in [0.5, 0.6) is 0 Å². The van der Waals surface area contributed by atoms with Crippen LogP contribution in [0.2, 0.25) is 0 Å². The Morgan fingerprint density at radius 1 is 1.83 bits per heavy atom. The van der Waals surface area contributed by atoms with E-state index in [1.54, 1.807) is 0 Å². The second-order valence-corrected chi connectivity index (χ2v) is 1.62. The van der Waals surface area contributed by atoms with Crippen LogP contribution in [-0.4, -0.2) is 32.6 Å². The fourth-order valence-corrected chi connectivity index (χ4v) is 0.505. The van der Waals surface area contributed by atoms with Gasteiger partial charge in [-0.1, -0.05) is 0 Å². The lowest BCUT2D eigenvalue weighted by atomic mass is 10.3. The molecule has 1 heterocycles. The first-order valence-electron chi connectivity index (χ1n) is 2.16. The summed E-state index contributed by atoms with van der Waals surface area (Å²) in [5.41, 5.74) is 0. The van der Waals surface area contributed by atoms with Crippen molar-refractivity contribution in [3.8, 4) is 0 Å². The normalized spacial score (nSPS) is 24.2. The first-order valence-corrected chi connectivity index (χ1v) is 2.16. The van der Waals surface area contributed by atoms with Gasteiger partial charge in [-0.05, 0) is 7.05 Å². The third-order valence-electron chi connectivity index (χ3n) is 0.929. The molecule has 0 spiro atoms. The summed E-state index contributed by atoms with van der Waals surface area (Å²) in [6.07, 6.45) is 0. The van der Waals surface area contributed by atoms with Gasteiger partial charge in [0.1, 0.15) is 0 Å². The predicted octanol–water partition coefficient (Wildman–Crippen LogP) is -0.785. The van der Waals surface area contributed by atoms with Crippen molar-refractivity contribution in [1.82, 2.24) is 4.81 Å². The quantitative estimate of drug-likeness (QED) is 0.357. The van der Waals surface area contributed by atoms with Crippen LogP contribution >= 0.6 is 0 Å². The minimum Gasteiger partial charge on any atom is -0.423 e. The highest BCUT2D eigenvalue weighted by Crippen LogP contribution is 1.88. The van der Waals surface area contributed by atoms with Gasteiger partial charge in [0.2, 0.25) is 0 Å². The van der Waals surface area contributed by atoms with E-state index in [4.69, 9.17) is 4.65 Å². The zero-order valence-electron chi connectivity index (χ0n) is 3.98. The van der Waals surface area contributed by atoms with Gasteiger partial charge in [0.05, 0.1) is 0 Å². The van der Waals surface area contributed by atoms with E-state index in [0.717, 1.165) is 20.8 Å². The van der Waals surface area contributed by atoms with Crippen molar-refractivity contribution in [3.05, 3.63) is 0 Å². The molecule has 34 valence electrons. The first kappa shape index (κ1) is 4.15. The molecule has 0 aromatic carbocycles. The van der Waals surface area contributed by atoms with E-state index in [9.17, 15) is 0 Å². The van der Waals surface area contributed by atoms with Crippen molar-refractivity contribution >= 4 is 7.62 Å². The van der Waals surface area contributed by atoms with Crippen molar-refractivity contribution in [1.29, 1.82) is 0 Å². The Hall–Kier alpha value is -0.0151. The van der Waals surface area contributed by atoms with Gasteiger partial charge in [-0.25, -0.2) is 0 Å². The van der Waals surface area contributed by atoms with E-state index in [1.807, 2.05) is 7.05 Å². The smallest absolute Gasteiger partial charge is 0.363 e. The van der Waals surface area contributed by atoms with Crippen LogP contribution < -0.4 is 0 Å². The number of hydrogen-bond donors (Lipinski definition) is 0. The molecule has 6 heavy (non-hydrogen) atoms. The summed E-state index contributed by atoms with van der Waals surface area (Å²) in [5, 5.41) is 0. The highest BCUT2D eigenvalue weighted by molar-refractivity contribution is 6.24. The van der Waals surface area contributed by atoms with Gasteiger partial charge in [-0.15, -0.1) is 0 Å². The molecule has 1 saturated heterocycles. The highest BCUT2D eigenvalue weighted by atomic mass is 16.4. The maximum atomic E-state index is 4.98. The number of likely N-dealkylation sites (N-methyl/N-ethyl adjacent to an activating group) is 1. The summed E-state index contributed by atoms with van der Waals surface area (Å²) in [6.45, 7) is 2.01. The van der Waals surface area contributed by atoms with Crippen LogP contribution in [0.25, 0.3) is 0 Å². The average Bonchev–Trinajstić information content (AvgIpc) is 1.86. The van der Waals surface area contributed by atoms with Gasteiger partial charge in [0.15, 0.2) is 0 Å². The van der Waals surface area contributed by atoms with Gasteiger partial charge < -0.3 is 9.47 Å². The molecule has 2 nitrogen and oxygen atoms in total. The Morgan fingerprint density at radius 3 is 2.83 bits per heavy atom. The van der Waals surface area contributed by atoms with E-state index >= 15 is 0 Å². The third kappa shape index (κ3) is 0.728. The van der Waals surface area contributed by atoms with Crippen molar-refractivity contribution < 1.29 is 4.65 Å². The lowest BCUT2D eigenvalue weighted by Crippen LogP contribution is -2.15. The Labute approximate surface area is 38.4 Å². The second kappa shape index (κ2) is 1.62. The molecule has 0 aromatic rings. The Morgan fingerprint density at radius 2 is 2.67 bits per heavy atom. The molecule has 0 saturated carbocycles. The molecule has 1 aliphatic heterocycles. The van der Waals surface area contributed by atoms with E-state index in [-0.39, 0.29) is 0 Å². The molecular weight excluding hydrogens is 76.9 g/mol. The molecular formula is C3H8BNO. The summed E-state index contributed by atoms with van der Waals surface area (Å²) in [4.78, 5) is 2.14. The monoisotopic (exact) mass is 85.1 g/mol. The van der Waals surface area contributed by atoms with E-state index in [0.29, 0.717) is 0 Å². The van der Waals surface area contributed by atoms with Crippen LogP contribution in [0.3, 0.4) is 0 Å². The molecule has 0 unspecified atom stereocenters. The van der Waals surface area contributed by atoms with Crippen LogP contribution in [0, 0.1) is 0 Å². The lowest BCUT2D eigenvalue weighted by Gasteiger charge is -1.96. The molecule has 0 N–H and O–H groups in total. The maximum Gasteiger partial charge on any atom is 0.363 e. The van der Waals surface area contributed by atoms with Crippen molar-refractivity contribution in [2.75, 3.05) is 20.2 Å². The van der Waals surface area contributed by atoms with Crippen molar-refractivity contribution in [2.24, 2.45) is 0 Å². The highest BCUT2D eigenvalue weighted by Gasteiger charge is 2.06. The summed E-state index contributed by atoms with van der Waals surface area (Å²) in [6, 6.07) is 0. The summed E-state index contributed by atoms with van der Waals surface area (Å²) >= 11 is 0. The number of hydrogen-bond acceptors (Lipinski definition) is 2. The topological polar surface area (TPSA) is 12.5 Å². The van der Waals surface area contributed by atoms with Crippen LogP contribution in [0.15, 0.2) is 0 Å². The van der Waals surface area contributed by atoms with Gasteiger partial charge >= 0.3 is 7.62 Å². The van der Waals surface area contributed by atoms with E-state index < -0.39 is 0 Å². The van der Waals surface area contributed by atoms with E-state index in [2.05, 4.69) is 4.81 Å². The van der Waals surface area contributed by atoms with Crippen LogP contribution in [-0.2, 0) is 4.65 Å². The molecule has 1 rings (SSSR count). The minimum atomic E-state index is 0.819. The molecule has 0 aliphatic carbocycles. The number of rotatable bonds is 0. The molecule has 0 aromatic heterocycles. The lowest BCUT2D eigenvalue weighted by molar-refractivity contribution is 0.383. The Kier molecular flexibility index (Phi) is 1.12. The Balaban J connectivity index is 2.18. The van der Waals surface area contributed by atoms with E-state index in [1.165, 1.54) is 0 Å². The average molecular weight is 84.9 g/mol. The standard InChI is InChI=1S/C3H8BNO/c1-5-2-3-6-4-5/h4H,2-3H2,1H3. The first-order chi connectivity index (χ1) is 2.89. The van der Waals surface area contributed by atoms with Gasteiger partial charge in [0.25, 0.3) is 0 Å². The summed E-state index contributed by atoms with van der Waals surface area (Å²) in [5.74, 6) is 0. The zero-order valence-corrected chi connectivity index (χ0v) is 3.98. The van der Waals surface area contributed by atoms with Gasteiger partial charge in [-0.2, -0.15) is 0 Å². The molecule has 3 heteroatoms.